The second-order valence-electron chi connectivity index (χ2n) is 12.8. The maximum Gasteiger partial charge on any atom is 0.335 e. The lowest BCUT2D eigenvalue weighted by Crippen LogP contribution is -2.55. The van der Waals surface area contributed by atoms with Crippen LogP contribution < -0.4 is 16.0 Å². The van der Waals surface area contributed by atoms with E-state index in [4.69, 9.17) is 15.9 Å². The van der Waals surface area contributed by atoms with Gasteiger partial charge in [0.15, 0.2) is 5.96 Å². The van der Waals surface area contributed by atoms with Crippen molar-refractivity contribution in [2.45, 2.75) is 57.1 Å². The van der Waals surface area contributed by atoms with E-state index in [1.165, 1.54) is 12.1 Å². The van der Waals surface area contributed by atoms with Gasteiger partial charge in [0.05, 0.1) is 11.7 Å². The fourth-order valence-electron chi connectivity index (χ4n) is 7.73. The van der Waals surface area contributed by atoms with Crippen LogP contribution in [0.25, 0.3) is 0 Å². The average molecular weight is 676 g/mol. The summed E-state index contributed by atoms with van der Waals surface area (Å²) in [5.74, 6) is -1.35. The second kappa shape index (κ2) is 14.5. The Bertz CT molecular complexity index is 1430. The third kappa shape index (κ3) is 6.91. The fraction of sp³-hybridized carbons (Fsp3) is 0.515. The first-order valence-electron chi connectivity index (χ1n) is 15.6. The van der Waals surface area contributed by atoms with Gasteiger partial charge in [0.2, 0.25) is 5.91 Å². The van der Waals surface area contributed by atoms with E-state index in [1.54, 1.807) is 24.1 Å². The molecular formula is C33H44Cl2N6O5. The summed E-state index contributed by atoms with van der Waals surface area (Å²) in [4.78, 5) is 45.6. The van der Waals surface area contributed by atoms with Crippen molar-refractivity contribution in [3.63, 3.8) is 0 Å². The van der Waals surface area contributed by atoms with Crippen molar-refractivity contribution in [3.05, 3.63) is 59.2 Å². The van der Waals surface area contributed by atoms with Gasteiger partial charge in [-0.25, -0.2) is 4.79 Å². The van der Waals surface area contributed by atoms with Crippen LogP contribution in [-0.2, 0) is 20.7 Å². The second-order valence-corrected chi connectivity index (χ2v) is 12.8. The third-order valence-electron chi connectivity index (χ3n) is 10.3. The quantitative estimate of drug-likeness (QED) is 0.262. The molecule has 1 atom stereocenters. The van der Waals surface area contributed by atoms with Crippen LogP contribution in [0.5, 0.6) is 0 Å². The number of fused-ring (bicyclic) bond motifs is 1. The number of hydrogen-bond donors (Lipinski definition) is 4. The predicted octanol–water partition coefficient (Wildman–Crippen LogP) is 4.29. The molecule has 0 unspecified atom stereocenters. The first kappa shape index (κ1) is 35.3. The number of hydrogen-bond acceptors (Lipinski definition) is 6. The molecule has 13 heteroatoms. The van der Waals surface area contributed by atoms with Crippen molar-refractivity contribution in [1.82, 2.24) is 9.80 Å². The van der Waals surface area contributed by atoms with Gasteiger partial charge in [0.1, 0.15) is 6.04 Å². The molecule has 0 radical (unpaired) electrons. The predicted molar refractivity (Wildman–Crippen MR) is 181 cm³/mol. The summed E-state index contributed by atoms with van der Waals surface area (Å²) in [6.07, 6.45) is 6.22. The van der Waals surface area contributed by atoms with Gasteiger partial charge in [0, 0.05) is 57.1 Å². The first-order chi connectivity index (χ1) is 21.2. The Morgan fingerprint density at radius 2 is 1.63 bits per heavy atom. The highest BCUT2D eigenvalue weighted by Crippen LogP contribution is 2.54. The van der Waals surface area contributed by atoms with Gasteiger partial charge in [-0.15, -0.1) is 24.8 Å². The largest absolute Gasteiger partial charge is 0.478 e. The van der Waals surface area contributed by atoms with Crippen molar-refractivity contribution in [2.24, 2.45) is 17.1 Å². The third-order valence-corrected chi connectivity index (χ3v) is 10.3. The van der Waals surface area contributed by atoms with Gasteiger partial charge in [-0.05, 0) is 91.8 Å². The molecule has 1 aliphatic carbocycles. The van der Waals surface area contributed by atoms with Crippen molar-refractivity contribution in [3.8, 4) is 0 Å². The maximum absolute atomic E-state index is 14.1. The summed E-state index contributed by atoms with van der Waals surface area (Å²) >= 11 is 0. The number of nitrogens with zero attached hydrogens (tertiary/aromatic N) is 3. The Morgan fingerprint density at radius 1 is 0.978 bits per heavy atom. The number of amides is 2. The van der Waals surface area contributed by atoms with Gasteiger partial charge >= 0.3 is 5.97 Å². The zero-order valence-corrected chi connectivity index (χ0v) is 27.7. The summed E-state index contributed by atoms with van der Waals surface area (Å²) in [5.41, 5.74) is 9.49. The van der Waals surface area contributed by atoms with Crippen LogP contribution in [0.15, 0.2) is 42.5 Å². The van der Waals surface area contributed by atoms with Crippen LogP contribution in [-0.4, -0.2) is 84.6 Å². The number of nitrogens with two attached hydrogens (primary N) is 1. The monoisotopic (exact) mass is 674 g/mol. The van der Waals surface area contributed by atoms with Crippen LogP contribution in [0.1, 0.15) is 66.1 Å². The number of methoxy groups -OCH3 is 1. The minimum atomic E-state index is -1.03. The highest BCUT2D eigenvalue weighted by molar-refractivity contribution is 5.99. The molecule has 2 amide bonds. The molecule has 2 aromatic carbocycles. The Morgan fingerprint density at radius 3 is 2.22 bits per heavy atom. The standard InChI is InChI=1S/C33H42N6O5.2ClH/c1-44-24-9-14-37(15-10-24)27-4-2-3-26-25(27)11-16-39(28(26)29(40)36-23-7-5-21(6-8-23)31(42)43)30(41)22-19-33(20-22)12-17-38(18-13-33)32(34)35;;/h2-8,22,24,28H,9-20H2,1H3,(H3,34,35)(H,36,40)(H,42,43);2*1H/t28-;;/m1../s1. The topological polar surface area (TPSA) is 152 Å². The van der Waals surface area contributed by atoms with E-state index >= 15 is 0 Å². The van der Waals surface area contributed by atoms with Gasteiger partial charge in [-0.1, -0.05) is 12.1 Å². The number of carboxylic acids is 1. The molecule has 46 heavy (non-hydrogen) atoms. The summed E-state index contributed by atoms with van der Waals surface area (Å²) in [7, 11) is 1.76. The van der Waals surface area contributed by atoms with E-state index in [0.29, 0.717) is 18.7 Å². The van der Waals surface area contributed by atoms with Gasteiger partial charge in [-0.2, -0.15) is 0 Å². The van der Waals surface area contributed by atoms with Gasteiger partial charge in [0.25, 0.3) is 5.91 Å². The summed E-state index contributed by atoms with van der Waals surface area (Å²) < 4.78 is 5.58. The zero-order valence-electron chi connectivity index (χ0n) is 26.1. The molecule has 1 saturated carbocycles. The number of carbonyl (C=O) groups excluding carboxylic acids is 2. The lowest BCUT2D eigenvalue weighted by Gasteiger charge is -2.53. The minimum Gasteiger partial charge on any atom is -0.478 e. The number of nitrogens with one attached hydrogen (secondary N) is 2. The number of halogens is 2. The van der Waals surface area contributed by atoms with E-state index < -0.39 is 12.0 Å². The smallest absolute Gasteiger partial charge is 0.335 e. The molecule has 2 saturated heterocycles. The highest BCUT2D eigenvalue weighted by atomic mass is 35.5. The number of guanidine groups is 1. The van der Waals surface area contributed by atoms with Gasteiger partial charge < -0.3 is 35.6 Å². The Hall–Kier alpha value is -3.54. The van der Waals surface area contributed by atoms with Gasteiger partial charge in [-0.3, -0.25) is 15.0 Å². The molecule has 1 spiro atoms. The lowest BCUT2D eigenvalue weighted by molar-refractivity contribution is -0.151. The molecular weight excluding hydrogens is 631 g/mol. The first-order valence-corrected chi connectivity index (χ1v) is 15.6. The Balaban J connectivity index is 0.00000240. The molecule has 5 N–H and O–H groups in total. The molecule has 3 aliphatic heterocycles. The number of rotatable bonds is 6. The number of ether oxygens (including phenoxy) is 1. The van der Waals surface area contributed by atoms with Crippen LogP contribution in [0.3, 0.4) is 0 Å². The van der Waals surface area contributed by atoms with E-state index in [9.17, 15) is 19.5 Å². The molecule has 0 aromatic heterocycles. The van der Waals surface area contributed by atoms with Crippen LogP contribution in [0, 0.1) is 16.7 Å². The van der Waals surface area contributed by atoms with Crippen molar-refractivity contribution < 1.29 is 24.2 Å². The Kier molecular flexibility index (Phi) is 11.1. The summed E-state index contributed by atoms with van der Waals surface area (Å²) in [6, 6.07) is 11.4. The number of likely N-dealkylation sites (tertiary alicyclic amines) is 1. The number of anilines is 2. The summed E-state index contributed by atoms with van der Waals surface area (Å²) in [6.45, 7) is 3.67. The number of benzene rings is 2. The fourth-order valence-corrected chi connectivity index (χ4v) is 7.73. The number of carboxylic acid groups (broad SMARTS) is 1. The molecule has 3 heterocycles. The normalized spacial score (nSPS) is 20.9. The summed E-state index contributed by atoms with van der Waals surface area (Å²) in [5, 5.41) is 20.0. The van der Waals surface area contributed by atoms with Crippen LogP contribution >= 0.6 is 24.8 Å². The van der Waals surface area contributed by atoms with E-state index in [2.05, 4.69) is 16.3 Å². The molecule has 11 nitrogen and oxygen atoms in total. The SMILES string of the molecule is COC1CCN(c2cccc3c2CCN(C(=O)C2CC4(CCN(C(=N)N)CC4)C2)[C@H]3C(=O)Nc2ccc(C(=O)O)cc2)CC1.Cl.Cl. The Labute approximate surface area is 282 Å². The molecule has 250 valence electrons. The number of piperidine rings is 2. The molecule has 0 bridgehead atoms. The average Bonchev–Trinajstić information content (AvgIpc) is 3.02. The lowest BCUT2D eigenvalue weighted by atomic mass is 9.57. The molecule has 2 aromatic rings. The van der Waals surface area contributed by atoms with Crippen LogP contribution in [0.2, 0.25) is 0 Å². The zero-order chi connectivity index (χ0) is 31.0. The molecule has 4 aliphatic rings. The van der Waals surface area contributed by atoms with E-state index in [1.807, 2.05) is 17.0 Å². The highest BCUT2D eigenvalue weighted by Gasteiger charge is 2.51. The van der Waals surface area contributed by atoms with Crippen molar-refractivity contribution >= 4 is 59.9 Å². The maximum atomic E-state index is 14.1. The molecule has 6 rings (SSSR count). The van der Waals surface area contributed by atoms with Crippen LogP contribution in [0.4, 0.5) is 11.4 Å². The minimum absolute atomic E-state index is 0. The van der Waals surface area contributed by atoms with E-state index in [0.717, 1.165) is 81.5 Å². The van der Waals surface area contributed by atoms with Crippen molar-refractivity contribution in [1.29, 1.82) is 5.41 Å². The number of aromatic carboxylic acids is 1. The number of carbonyl (C=O) groups is 3. The molecule has 3 fully saturated rings. The van der Waals surface area contributed by atoms with Crippen molar-refractivity contribution in [2.75, 3.05) is 50.1 Å². The van der Waals surface area contributed by atoms with E-state index in [-0.39, 0.29) is 65.6 Å².